The molecule has 1 aliphatic rings. The standard InChI is InChI=1S/C30H27N3O4.C5H10S/c1-19-5-2-9-24(15-19)37-18-20-6-3-7-22(16-20)25-12-13-26(32-28(25)29(34)35)23-11-10-21-8-4-14-33(30(31)36)27(21)17-23;1-4-6-5(2)3/h2-3,5-7,9-13,15-17H,4,8,14,18H2,1H3,(H2,31,36)(H,34,35);2,4H2,1,3H3. The Labute approximate surface area is 257 Å². The third kappa shape index (κ3) is 8.26. The quantitative estimate of drug-likeness (QED) is 0.213. The van der Waals surface area contributed by atoms with Crippen LogP contribution in [0.5, 0.6) is 5.75 Å². The van der Waals surface area contributed by atoms with E-state index in [0.29, 0.717) is 24.4 Å². The van der Waals surface area contributed by atoms with Gasteiger partial charge in [-0.25, -0.2) is 14.6 Å². The average Bonchev–Trinajstić information content (AvgIpc) is 2.99. The van der Waals surface area contributed by atoms with Crippen LogP contribution in [0.3, 0.4) is 0 Å². The molecule has 4 aromatic rings. The third-order valence-electron chi connectivity index (χ3n) is 6.89. The van der Waals surface area contributed by atoms with Crippen LogP contribution >= 0.6 is 11.8 Å². The van der Waals surface area contributed by atoms with E-state index in [2.05, 4.69) is 18.5 Å². The highest BCUT2D eigenvalue weighted by atomic mass is 32.2. The number of nitrogens with two attached hydrogens (primary N) is 1. The number of ether oxygens (including phenoxy) is 1. The summed E-state index contributed by atoms with van der Waals surface area (Å²) in [5.74, 6) is 0.813. The second-order valence-corrected chi connectivity index (χ2v) is 11.8. The number of hydrogen-bond acceptors (Lipinski definition) is 5. The first-order valence-corrected chi connectivity index (χ1v) is 15.2. The Hall–Kier alpha value is -4.56. The molecule has 43 heavy (non-hydrogen) atoms. The predicted molar refractivity (Wildman–Crippen MR) is 176 cm³/mol. The summed E-state index contributed by atoms with van der Waals surface area (Å²) in [4.78, 5) is 31.4. The number of carbonyl (C=O) groups excluding carboxylic acids is 1. The number of benzene rings is 3. The molecule has 0 unspecified atom stereocenters. The molecule has 3 aromatic carbocycles. The molecule has 0 saturated heterocycles. The van der Waals surface area contributed by atoms with E-state index in [9.17, 15) is 14.7 Å². The number of pyridine rings is 1. The van der Waals surface area contributed by atoms with E-state index in [1.165, 1.54) is 4.91 Å². The summed E-state index contributed by atoms with van der Waals surface area (Å²) in [6, 6.07) is 24.2. The molecule has 0 saturated carbocycles. The summed E-state index contributed by atoms with van der Waals surface area (Å²) < 4.78 is 5.92. The lowest BCUT2D eigenvalue weighted by atomic mass is 9.97. The average molecular weight is 596 g/mol. The molecule has 0 radical (unpaired) electrons. The van der Waals surface area contributed by atoms with Crippen molar-refractivity contribution in [2.24, 2.45) is 5.73 Å². The molecule has 2 amide bonds. The summed E-state index contributed by atoms with van der Waals surface area (Å²) in [6.07, 6.45) is 1.70. The highest BCUT2D eigenvalue weighted by Crippen LogP contribution is 2.33. The number of fused-ring (bicyclic) bond motifs is 1. The number of anilines is 1. The van der Waals surface area contributed by atoms with Crippen molar-refractivity contribution in [2.45, 2.75) is 40.2 Å². The van der Waals surface area contributed by atoms with Crippen molar-refractivity contribution in [3.8, 4) is 28.1 Å². The Morgan fingerprint density at radius 1 is 1.05 bits per heavy atom. The summed E-state index contributed by atoms with van der Waals surface area (Å²) in [5.41, 5.74) is 11.8. The largest absolute Gasteiger partial charge is 0.489 e. The number of thioether (sulfide) groups is 1. The first-order chi connectivity index (χ1) is 20.7. The molecule has 0 bridgehead atoms. The van der Waals surface area contributed by atoms with Gasteiger partial charge in [0.05, 0.1) is 5.69 Å². The van der Waals surface area contributed by atoms with Crippen LogP contribution in [-0.2, 0) is 13.0 Å². The summed E-state index contributed by atoms with van der Waals surface area (Å²) in [6.45, 7) is 10.8. The number of carboxylic acids is 1. The van der Waals surface area contributed by atoms with E-state index in [4.69, 9.17) is 10.5 Å². The minimum Gasteiger partial charge on any atom is -0.489 e. The molecule has 5 rings (SSSR count). The van der Waals surface area contributed by atoms with E-state index in [1.807, 2.05) is 80.6 Å². The van der Waals surface area contributed by atoms with E-state index in [0.717, 1.165) is 57.8 Å². The van der Waals surface area contributed by atoms with Crippen LogP contribution in [0.2, 0.25) is 0 Å². The molecule has 1 aromatic heterocycles. The molecular weight excluding hydrogens is 558 g/mol. The second kappa shape index (κ2) is 14.6. The highest BCUT2D eigenvalue weighted by molar-refractivity contribution is 8.02. The maximum atomic E-state index is 12.2. The molecule has 222 valence electrons. The van der Waals surface area contributed by atoms with E-state index in [1.54, 1.807) is 28.8 Å². The molecule has 0 spiro atoms. The van der Waals surface area contributed by atoms with Crippen LogP contribution < -0.4 is 15.4 Å². The zero-order valence-electron chi connectivity index (χ0n) is 24.8. The Morgan fingerprint density at radius 3 is 2.51 bits per heavy atom. The number of aromatic carboxylic acids is 1. The van der Waals surface area contributed by atoms with Crippen molar-refractivity contribution >= 4 is 29.4 Å². The lowest BCUT2D eigenvalue weighted by Crippen LogP contribution is -2.39. The lowest BCUT2D eigenvalue weighted by Gasteiger charge is -2.28. The maximum Gasteiger partial charge on any atom is 0.355 e. The van der Waals surface area contributed by atoms with Crippen LogP contribution in [0.15, 0.2) is 90.3 Å². The minimum absolute atomic E-state index is 0.0428. The van der Waals surface area contributed by atoms with Gasteiger partial charge in [-0.2, -0.15) is 0 Å². The lowest BCUT2D eigenvalue weighted by molar-refractivity contribution is 0.0691. The molecule has 0 aliphatic carbocycles. The summed E-state index contributed by atoms with van der Waals surface area (Å²) >= 11 is 1.79. The number of allylic oxidation sites excluding steroid dienone is 1. The topological polar surface area (TPSA) is 106 Å². The number of primary amides is 1. The van der Waals surface area contributed by atoms with Crippen LogP contribution in [-0.4, -0.2) is 34.4 Å². The van der Waals surface area contributed by atoms with Crippen LogP contribution in [0.1, 0.15) is 47.4 Å². The van der Waals surface area contributed by atoms with Crippen molar-refractivity contribution in [1.82, 2.24) is 4.98 Å². The minimum atomic E-state index is -1.12. The Balaban J connectivity index is 0.000000641. The molecule has 0 atom stereocenters. The van der Waals surface area contributed by atoms with Crippen molar-refractivity contribution in [3.05, 3.63) is 113 Å². The van der Waals surface area contributed by atoms with Gasteiger partial charge in [0.2, 0.25) is 0 Å². The van der Waals surface area contributed by atoms with E-state index in [-0.39, 0.29) is 5.69 Å². The van der Waals surface area contributed by atoms with Crippen LogP contribution in [0, 0.1) is 6.92 Å². The smallest absolute Gasteiger partial charge is 0.355 e. The fourth-order valence-corrected chi connectivity index (χ4v) is 5.42. The van der Waals surface area contributed by atoms with Gasteiger partial charge in [-0.05, 0) is 96.0 Å². The van der Waals surface area contributed by atoms with Gasteiger partial charge < -0.3 is 15.6 Å². The predicted octanol–water partition coefficient (Wildman–Crippen LogP) is 8.11. The van der Waals surface area contributed by atoms with Crippen molar-refractivity contribution < 1.29 is 19.4 Å². The first kappa shape index (κ1) is 31.4. The van der Waals surface area contributed by atoms with Gasteiger partial charge in [-0.3, -0.25) is 4.90 Å². The zero-order chi connectivity index (χ0) is 30.9. The Bertz CT molecular complexity index is 1640. The SMILES string of the molecule is C=C(C)SCC.Cc1cccc(OCc2cccc(-c3ccc(-c4ccc5c(c4)N(C(N)=O)CCC5)nc3C(=O)O)c2)c1. The van der Waals surface area contributed by atoms with Crippen LogP contribution in [0.4, 0.5) is 10.5 Å². The normalized spacial score (nSPS) is 12.0. The molecule has 0 fully saturated rings. The fraction of sp³-hybridized carbons (Fsp3) is 0.229. The third-order valence-corrected chi connectivity index (χ3v) is 7.67. The summed E-state index contributed by atoms with van der Waals surface area (Å²) in [5, 5.41) is 10.00. The number of urea groups is 1. The van der Waals surface area contributed by atoms with Gasteiger partial charge in [-0.15, -0.1) is 11.8 Å². The molecule has 2 heterocycles. The van der Waals surface area contributed by atoms with Crippen molar-refractivity contribution in [1.29, 1.82) is 0 Å². The highest BCUT2D eigenvalue weighted by Gasteiger charge is 2.22. The molecule has 7 nitrogen and oxygen atoms in total. The van der Waals surface area contributed by atoms with E-state index < -0.39 is 12.0 Å². The monoisotopic (exact) mass is 595 g/mol. The van der Waals surface area contributed by atoms with Crippen LogP contribution in [0.25, 0.3) is 22.4 Å². The molecule has 1 aliphatic heterocycles. The number of aryl methyl sites for hydroxylation is 2. The van der Waals surface area contributed by atoms with Crippen molar-refractivity contribution in [3.63, 3.8) is 0 Å². The van der Waals surface area contributed by atoms with Gasteiger partial charge in [0.15, 0.2) is 5.69 Å². The van der Waals surface area contributed by atoms with Crippen molar-refractivity contribution in [2.75, 3.05) is 17.2 Å². The molecule has 3 N–H and O–H groups in total. The summed E-state index contributed by atoms with van der Waals surface area (Å²) in [7, 11) is 0. The van der Waals surface area contributed by atoms with Gasteiger partial charge >= 0.3 is 12.0 Å². The number of carboxylic acid groups (broad SMARTS) is 1. The molecular formula is C35H37N3O4S. The number of nitrogens with zero attached hydrogens (tertiary/aromatic N) is 2. The number of carbonyl (C=O) groups is 2. The number of hydrogen-bond donors (Lipinski definition) is 2. The number of amides is 2. The van der Waals surface area contributed by atoms with E-state index >= 15 is 0 Å². The van der Waals surface area contributed by atoms with Gasteiger partial charge in [0.1, 0.15) is 12.4 Å². The zero-order valence-corrected chi connectivity index (χ0v) is 25.6. The Kier molecular flexibility index (Phi) is 10.6. The first-order valence-electron chi connectivity index (χ1n) is 14.2. The second-order valence-electron chi connectivity index (χ2n) is 10.3. The fourth-order valence-electron chi connectivity index (χ4n) is 4.93. The van der Waals surface area contributed by atoms with Gasteiger partial charge in [-0.1, -0.05) is 56.0 Å². The van der Waals surface area contributed by atoms with Gasteiger partial charge in [0, 0.05) is 23.4 Å². The number of rotatable bonds is 8. The van der Waals surface area contributed by atoms with Gasteiger partial charge in [0.25, 0.3) is 0 Å². The maximum absolute atomic E-state index is 12.2. The molecule has 8 heteroatoms. The Morgan fingerprint density at radius 2 is 1.84 bits per heavy atom. The number of aromatic nitrogens is 1.